The van der Waals surface area contributed by atoms with Crippen molar-refractivity contribution in [2.24, 2.45) is 18.0 Å². The van der Waals surface area contributed by atoms with Gasteiger partial charge in [-0.05, 0) is 19.4 Å². The fourth-order valence-corrected chi connectivity index (χ4v) is 3.53. The van der Waals surface area contributed by atoms with Gasteiger partial charge in [0.25, 0.3) is 0 Å². The van der Waals surface area contributed by atoms with Crippen LogP contribution in [0.1, 0.15) is 36.1 Å². The van der Waals surface area contributed by atoms with E-state index in [1.54, 1.807) is 0 Å². The first-order valence-electron chi connectivity index (χ1n) is 9.90. The minimum atomic E-state index is 0. The third-order valence-electron chi connectivity index (χ3n) is 5.41. The zero-order valence-corrected chi connectivity index (χ0v) is 19.3. The molecule has 4 rings (SSSR count). The van der Waals surface area contributed by atoms with E-state index in [0.717, 1.165) is 56.0 Å². The molecule has 1 saturated heterocycles. The normalized spacial score (nSPS) is 21.1. The third kappa shape index (κ3) is 5.39. The molecule has 2 unspecified atom stereocenters. The molecule has 0 bridgehead atoms. The number of hydrogen-bond acceptors (Lipinski definition) is 5. The van der Waals surface area contributed by atoms with Crippen molar-refractivity contribution in [2.45, 2.75) is 32.4 Å². The highest BCUT2D eigenvalue weighted by atomic mass is 127. The van der Waals surface area contributed by atoms with Crippen LogP contribution in [-0.4, -0.2) is 47.1 Å². The maximum absolute atomic E-state index is 5.79. The third-order valence-corrected chi connectivity index (χ3v) is 5.41. The van der Waals surface area contributed by atoms with Crippen molar-refractivity contribution >= 4 is 29.9 Å². The number of rotatable bonds is 5. The van der Waals surface area contributed by atoms with E-state index >= 15 is 0 Å². The lowest BCUT2D eigenvalue weighted by Gasteiger charge is -2.28. The standard InChI is InChI=1S/C20H28N6O2.HI/c1-14-24-25-19(26(14)2)12-22-20(21-11-15-7-9-27-13-15)23-17-8-10-28-18-6-4-3-5-16(17)18;/h3-6,15,17H,7-13H2,1-2H3,(H2,21,22,23);1H. The molecular weight excluding hydrogens is 483 g/mol. The first-order valence-corrected chi connectivity index (χ1v) is 9.90. The van der Waals surface area contributed by atoms with Crippen molar-refractivity contribution < 1.29 is 9.47 Å². The fourth-order valence-electron chi connectivity index (χ4n) is 3.53. The van der Waals surface area contributed by atoms with E-state index in [9.17, 15) is 0 Å². The molecule has 1 aromatic carbocycles. The molecule has 0 radical (unpaired) electrons. The van der Waals surface area contributed by atoms with Gasteiger partial charge < -0.3 is 24.7 Å². The van der Waals surface area contributed by atoms with Crippen LogP contribution in [-0.2, 0) is 18.3 Å². The SMILES string of the molecule is Cc1nnc(CN=C(NCC2CCOC2)NC2CCOc3ccccc32)n1C.I. The molecule has 8 nitrogen and oxygen atoms in total. The summed E-state index contributed by atoms with van der Waals surface area (Å²) < 4.78 is 13.2. The maximum atomic E-state index is 5.79. The van der Waals surface area contributed by atoms with E-state index < -0.39 is 0 Å². The largest absolute Gasteiger partial charge is 0.493 e. The summed E-state index contributed by atoms with van der Waals surface area (Å²) in [5, 5.41) is 15.4. The summed E-state index contributed by atoms with van der Waals surface area (Å²) >= 11 is 0. The molecule has 0 spiro atoms. The molecule has 1 fully saturated rings. The van der Waals surface area contributed by atoms with Gasteiger partial charge in [-0.25, -0.2) is 4.99 Å². The average Bonchev–Trinajstić information content (AvgIpc) is 3.35. The number of aliphatic imine (C=N–C) groups is 1. The lowest BCUT2D eigenvalue weighted by molar-refractivity contribution is 0.186. The number of hydrogen-bond donors (Lipinski definition) is 2. The van der Waals surface area contributed by atoms with Crippen LogP contribution < -0.4 is 15.4 Å². The van der Waals surface area contributed by atoms with Crippen LogP contribution in [0.5, 0.6) is 5.75 Å². The van der Waals surface area contributed by atoms with E-state index in [0.29, 0.717) is 19.1 Å². The highest BCUT2D eigenvalue weighted by molar-refractivity contribution is 14.0. The monoisotopic (exact) mass is 512 g/mol. The molecule has 158 valence electrons. The van der Waals surface area contributed by atoms with Gasteiger partial charge in [0.1, 0.15) is 18.1 Å². The van der Waals surface area contributed by atoms with Crippen molar-refractivity contribution in [3.05, 3.63) is 41.5 Å². The minimum absolute atomic E-state index is 0. The second kappa shape index (κ2) is 10.2. The Morgan fingerprint density at radius 3 is 2.86 bits per heavy atom. The van der Waals surface area contributed by atoms with Gasteiger partial charge in [-0.15, -0.1) is 34.2 Å². The molecule has 1 aromatic heterocycles. The Labute approximate surface area is 188 Å². The lowest BCUT2D eigenvalue weighted by Crippen LogP contribution is -2.43. The zero-order valence-electron chi connectivity index (χ0n) is 16.9. The number of fused-ring (bicyclic) bond motifs is 1. The summed E-state index contributed by atoms with van der Waals surface area (Å²) in [6, 6.07) is 8.35. The van der Waals surface area contributed by atoms with Gasteiger partial charge >= 0.3 is 0 Å². The number of ether oxygens (including phenoxy) is 2. The van der Waals surface area contributed by atoms with E-state index in [4.69, 9.17) is 14.5 Å². The Balaban J connectivity index is 0.00000240. The van der Waals surface area contributed by atoms with Gasteiger partial charge in [-0.1, -0.05) is 18.2 Å². The fraction of sp³-hybridized carbons (Fsp3) is 0.550. The van der Waals surface area contributed by atoms with Crippen LogP contribution >= 0.6 is 24.0 Å². The van der Waals surface area contributed by atoms with Crippen LogP contribution in [0.15, 0.2) is 29.3 Å². The number of para-hydroxylation sites is 1. The summed E-state index contributed by atoms with van der Waals surface area (Å²) in [5.74, 6) is 3.98. The molecule has 0 aliphatic carbocycles. The Hall–Kier alpha value is -1.88. The molecule has 0 amide bonds. The van der Waals surface area contributed by atoms with E-state index in [1.807, 2.05) is 36.7 Å². The molecule has 2 aliphatic heterocycles. The maximum Gasteiger partial charge on any atom is 0.192 e. The van der Waals surface area contributed by atoms with Crippen LogP contribution in [0, 0.1) is 12.8 Å². The number of benzene rings is 1. The molecule has 2 aromatic rings. The molecule has 9 heteroatoms. The minimum Gasteiger partial charge on any atom is -0.493 e. The number of halogens is 1. The zero-order chi connectivity index (χ0) is 19.3. The summed E-state index contributed by atoms with van der Waals surface area (Å²) in [5.41, 5.74) is 1.17. The van der Waals surface area contributed by atoms with Crippen molar-refractivity contribution in [2.75, 3.05) is 26.4 Å². The lowest BCUT2D eigenvalue weighted by atomic mass is 10.0. The van der Waals surface area contributed by atoms with Gasteiger partial charge in [-0.2, -0.15) is 0 Å². The van der Waals surface area contributed by atoms with Crippen LogP contribution in [0.3, 0.4) is 0 Å². The Bertz CT molecular complexity index is 834. The van der Waals surface area contributed by atoms with Gasteiger partial charge in [-0.3, -0.25) is 0 Å². The Kier molecular flexibility index (Phi) is 7.70. The first-order chi connectivity index (χ1) is 13.7. The topological polar surface area (TPSA) is 85.6 Å². The number of aromatic nitrogens is 3. The molecule has 29 heavy (non-hydrogen) atoms. The van der Waals surface area contributed by atoms with Gasteiger partial charge in [0, 0.05) is 38.1 Å². The molecule has 2 atom stereocenters. The van der Waals surface area contributed by atoms with Crippen molar-refractivity contribution in [1.82, 2.24) is 25.4 Å². The van der Waals surface area contributed by atoms with E-state index in [1.165, 1.54) is 5.56 Å². The predicted octanol–water partition coefficient (Wildman–Crippen LogP) is 2.34. The smallest absolute Gasteiger partial charge is 0.192 e. The molecule has 3 heterocycles. The molecule has 2 N–H and O–H groups in total. The molecule has 2 aliphatic rings. The summed E-state index contributed by atoms with van der Waals surface area (Å²) in [4.78, 5) is 4.79. The highest BCUT2D eigenvalue weighted by Gasteiger charge is 2.23. The molecule has 0 saturated carbocycles. The Morgan fingerprint density at radius 1 is 1.24 bits per heavy atom. The van der Waals surface area contributed by atoms with Gasteiger partial charge in [0.2, 0.25) is 0 Å². The quantitative estimate of drug-likeness (QED) is 0.364. The van der Waals surface area contributed by atoms with Crippen LogP contribution in [0.25, 0.3) is 0 Å². The van der Waals surface area contributed by atoms with Crippen molar-refractivity contribution in [1.29, 1.82) is 0 Å². The van der Waals surface area contributed by atoms with Gasteiger partial charge in [0.05, 0.1) is 19.3 Å². The van der Waals surface area contributed by atoms with Gasteiger partial charge in [0.15, 0.2) is 11.8 Å². The number of guanidine groups is 1. The van der Waals surface area contributed by atoms with E-state index in [2.05, 4.69) is 26.9 Å². The predicted molar refractivity (Wildman–Crippen MR) is 122 cm³/mol. The summed E-state index contributed by atoms with van der Waals surface area (Å²) in [6.45, 7) is 5.60. The number of nitrogens with zero attached hydrogens (tertiary/aromatic N) is 4. The second-order valence-corrected chi connectivity index (χ2v) is 7.37. The summed E-state index contributed by atoms with van der Waals surface area (Å²) in [6.07, 6.45) is 1.98. The first kappa shape index (κ1) is 21.8. The van der Waals surface area contributed by atoms with Crippen molar-refractivity contribution in [3.8, 4) is 5.75 Å². The number of aryl methyl sites for hydroxylation is 1. The van der Waals surface area contributed by atoms with Crippen LogP contribution in [0.4, 0.5) is 0 Å². The Morgan fingerprint density at radius 2 is 2.10 bits per heavy atom. The van der Waals surface area contributed by atoms with Crippen molar-refractivity contribution in [3.63, 3.8) is 0 Å². The second-order valence-electron chi connectivity index (χ2n) is 7.37. The number of nitrogens with one attached hydrogen (secondary N) is 2. The molecular formula is C20H29IN6O2. The average molecular weight is 512 g/mol. The van der Waals surface area contributed by atoms with Crippen LogP contribution in [0.2, 0.25) is 0 Å². The highest BCUT2D eigenvalue weighted by Crippen LogP contribution is 2.31. The van der Waals surface area contributed by atoms with E-state index in [-0.39, 0.29) is 30.0 Å². The summed E-state index contributed by atoms with van der Waals surface area (Å²) in [7, 11) is 1.96.